The lowest BCUT2D eigenvalue weighted by Crippen LogP contribution is -2.65. The number of carbonyl (C=O) groups is 2. The number of hydrogen-bond acceptors (Lipinski definition) is 4. The second kappa shape index (κ2) is 5.17. The van der Waals surface area contributed by atoms with Gasteiger partial charge in [-0.2, -0.15) is 0 Å². The molecule has 4 nitrogen and oxygen atoms in total. The van der Waals surface area contributed by atoms with Gasteiger partial charge in [-0.15, -0.1) is 0 Å². The zero-order valence-electron chi connectivity index (χ0n) is 16.1. The number of ketones is 2. The number of aliphatic hydroxyl groups is 2. The first-order chi connectivity index (χ1) is 12.0. The topological polar surface area (TPSA) is 74.6 Å². The van der Waals surface area contributed by atoms with Gasteiger partial charge in [-0.05, 0) is 68.9 Å². The molecule has 142 valence electrons. The van der Waals surface area contributed by atoms with E-state index in [-0.39, 0.29) is 28.8 Å². The molecule has 26 heavy (non-hydrogen) atoms. The van der Waals surface area contributed by atoms with Crippen LogP contribution < -0.4 is 0 Å². The molecular formula is C22H30O4. The summed E-state index contributed by atoms with van der Waals surface area (Å²) in [6, 6.07) is 0. The van der Waals surface area contributed by atoms with Gasteiger partial charge in [-0.3, -0.25) is 9.59 Å². The maximum absolute atomic E-state index is 12.4. The van der Waals surface area contributed by atoms with E-state index in [9.17, 15) is 19.8 Å². The monoisotopic (exact) mass is 358 g/mol. The van der Waals surface area contributed by atoms with E-state index in [2.05, 4.69) is 13.5 Å². The smallest absolute Gasteiger partial charge is 0.166 e. The van der Waals surface area contributed by atoms with Gasteiger partial charge >= 0.3 is 0 Å². The molecule has 0 heterocycles. The SMILES string of the molecule is C=C1C[C@H]2[C@@H]3CCC4=CC(=O)CC[C@]4(C)[C@@]3(O)CC[C@]2(C)[C@]1(O)C(C)=O. The van der Waals surface area contributed by atoms with E-state index in [0.29, 0.717) is 37.7 Å². The largest absolute Gasteiger partial charge is 0.389 e. The van der Waals surface area contributed by atoms with Crippen molar-refractivity contribution in [1.29, 1.82) is 0 Å². The van der Waals surface area contributed by atoms with Crippen LogP contribution in [0.3, 0.4) is 0 Å². The van der Waals surface area contributed by atoms with E-state index in [1.165, 1.54) is 6.92 Å². The molecule has 3 saturated carbocycles. The molecule has 0 spiro atoms. The van der Waals surface area contributed by atoms with E-state index in [1.807, 2.05) is 6.92 Å². The average molecular weight is 358 g/mol. The van der Waals surface area contributed by atoms with E-state index < -0.39 is 16.6 Å². The molecule has 2 N–H and O–H groups in total. The Morgan fingerprint density at radius 1 is 1.15 bits per heavy atom. The fraction of sp³-hybridized carbons (Fsp3) is 0.727. The summed E-state index contributed by atoms with van der Waals surface area (Å²) in [4.78, 5) is 24.3. The summed E-state index contributed by atoms with van der Waals surface area (Å²) in [5, 5.41) is 23.3. The van der Waals surface area contributed by atoms with Gasteiger partial charge in [0.2, 0.25) is 0 Å². The van der Waals surface area contributed by atoms with Crippen molar-refractivity contribution in [2.24, 2.45) is 22.7 Å². The summed E-state index contributed by atoms with van der Waals surface area (Å²) in [6.45, 7) is 9.63. The van der Waals surface area contributed by atoms with Crippen LogP contribution in [0.25, 0.3) is 0 Å². The fourth-order valence-corrected chi connectivity index (χ4v) is 7.12. The standard InChI is InChI=1S/C22H30O4/c1-13-11-18-17-6-5-15-12-16(24)7-8-19(15,3)21(17,25)10-9-20(18,4)22(13,26)14(2)23/h12,17-18,25-26H,1,5-11H2,2-4H3/t17-,18-,19-,20-,21+,22+/m0/s1. The van der Waals surface area contributed by atoms with Crippen LogP contribution in [0.5, 0.6) is 0 Å². The fourth-order valence-electron chi connectivity index (χ4n) is 7.12. The predicted octanol–water partition coefficient (Wildman–Crippen LogP) is 3.12. The van der Waals surface area contributed by atoms with E-state index in [4.69, 9.17) is 0 Å². The van der Waals surface area contributed by atoms with Gasteiger partial charge in [0, 0.05) is 17.3 Å². The van der Waals surface area contributed by atoms with Gasteiger partial charge in [-0.25, -0.2) is 0 Å². The Labute approximate surface area is 155 Å². The Balaban J connectivity index is 1.80. The summed E-state index contributed by atoms with van der Waals surface area (Å²) >= 11 is 0. The lowest BCUT2D eigenvalue weighted by Gasteiger charge is -2.63. The molecule has 4 rings (SSSR count). The molecule has 0 aromatic rings. The minimum atomic E-state index is -1.49. The Morgan fingerprint density at radius 2 is 1.85 bits per heavy atom. The van der Waals surface area contributed by atoms with Crippen molar-refractivity contribution >= 4 is 11.6 Å². The minimum absolute atomic E-state index is 0.0155. The molecule has 0 aromatic carbocycles. The molecule has 0 aromatic heterocycles. The van der Waals surface area contributed by atoms with Crippen molar-refractivity contribution in [3.05, 3.63) is 23.8 Å². The number of carbonyl (C=O) groups excluding carboxylic acids is 2. The van der Waals surface area contributed by atoms with Crippen LogP contribution in [-0.2, 0) is 9.59 Å². The van der Waals surface area contributed by atoms with Crippen molar-refractivity contribution < 1.29 is 19.8 Å². The third kappa shape index (κ3) is 1.83. The highest BCUT2D eigenvalue weighted by Gasteiger charge is 2.71. The lowest BCUT2D eigenvalue weighted by atomic mass is 9.44. The highest BCUT2D eigenvalue weighted by molar-refractivity contribution is 5.92. The minimum Gasteiger partial charge on any atom is -0.389 e. The van der Waals surface area contributed by atoms with Gasteiger partial charge in [0.1, 0.15) is 5.60 Å². The third-order valence-electron chi connectivity index (χ3n) is 8.85. The summed E-state index contributed by atoms with van der Waals surface area (Å²) in [5.41, 5.74) is -1.64. The molecule has 0 aliphatic heterocycles. The van der Waals surface area contributed by atoms with Crippen molar-refractivity contribution in [2.75, 3.05) is 0 Å². The molecule has 4 heteroatoms. The molecule has 0 radical (unpaired) electrons. The van der Waals surface area contributed by atoms with Crippen LogP contribution in [0.4, 0.5) is 0 Å². The molecule has 4 aliphatic carbocycles. The second-order valence-electron chi connectivity index (χ2n) is 9.64. The highest BCUT2D eigenvalue weighted by atomic mass is 16.3. The molecule has 0 amide bonds. The lowest BCUT2D eigenvalue weighted by molar-refractivity contribution is -0.208. The molecule has 0 unspecified atom stereocenters. The molecule has 0 bridgehead atoms. The quantitative estimate of drug-likeness (QED) is 0.706. The van der Waals surface area contributed by atoms with Crippen molar-refractivity contribution in [3.8, 4) is 0 Å². The van der Waals surface area contributed by atoms with E-state index in [0.717, 1.165) is 18.4 Å². The van der Waals surface area contributed by atoms with Crippen LogP contribution >= 0.6 is 0 Å². The second-order valence-corrected chi connectivity index (χ2v) is 9.64. The number of hydrogen-bond donors (Lipinski definition) is 2. The summed E-state index contributed by atoms with van der Waals surface area (Å²) < 4.78 is 0. The maximum atomic E-state index is 12.4. The normalized spacial score (nSPS) is 50.6. The van der Waals surface area contributed by atoms with Gasteiger partial charge in [0.15, 0.2) is 11.6 Å². The average Bonchev–Trinajstić information content (AvgIpc) is 2.78. The molecule has 4 aliphatic rings. The van der Waals surface area contributed by atoms with Gasteiger partial charge in [-0.1, -0.05) is 26.0 Å². The first-order valence-electron chi connectivity index (χ1n) is 9.88. The number of Topliss-reactive ketones (excluding diaryl/α,β-unsaturated/α-hetero) is 1. The van der Waals surface area contributed by atoms with Gasteiger partial charge < -0.3 is 10.2 Å². The molecule has 3 fully saturated rings. The van der Waals surface area contributed by atoms with Crippen molar-refractivity contribution in [3.63, 3.8) is 0 Å². The van der Waals surface area contributed by atoms with Crippen LogP contribution in [0.1, 0.15) is 65.7 Å². The molecule has 6 atom stereocenters. The maximum Gasteiger partial charge on any atom is 0.166 e. The Kier molecular flexibility index (Phi) is 3.60. The Hall–Kier alpha value is -1.26. The summed E-state index contributed by atoms with van der Waals surface area (Å²) in [7, 11) is 0. The van der Waals surface area contributed by atoms with Crippen LogP contribution in [0.15, 0.2) is 23.8 Å². The van der Waals surface area contributed by atoms with Crippen molar-refractivity contribution in [2.45, 2.75) is 76.9 Å². The molecular weight excluding hydrogens is 328 g/mol. The third-order valence-corrected chi connectivity index (χ3v) is 8.85. The first-order valence-corrected chi connectivity index (χ1v) is 9.88. The van der Waals surface area contributed by atoms with Crippen LogP contribution in [0, 0.1) is 22.7 Å². The summed E-state index contributed by atoms with van der Waals surface area (Å²) in [5.74, 6) is -0.00967. The van der Waals surface area contributed by atoms with Crippen LogP contribution in [-0.4, -0.2) is 33.0 Å². The van der Waals surface area contributed by atoms with Crippen LogP contribution in [0.2, 0.25) is 0 Å². The predicted molar refractivity (Wildman–Crippen MR) is 98.3 cm³/mol. The number of fused-ring (bicyclic) bond motifs is 5. The zero-order valence-corrected chi connectivity index (χ0v) is 16.1. The van der Waals surface area contributed by atoms with Crippen molar-refractivity contribution in [1.82, 2.24) is 0 Å². The Morgan fingerprint density at radius 3 is 2.50 bits per heavy atom. The first kappa shape index (κ1) is 18.1. The highest BCUT2D eigenvalue weighted by Crippen LogP contribution is 2.69. The van der Waals surface area contributed by atoms with Gasteiger partial charge in [0.05, 0.1) is 5.60 Å². The van der Waals surface area contributed by atoms with Gasteiger partial charge in [0.25, 0.3) is 0 Å². The number of rotatable bonds is 1. The Bertz CT molecular complexity index is 751. The zero-order chi connectivity index (χ0) is 19.1. The molecule has 0 saturated heterocycles. The van der Waals surface area contributed by atoms with E-state index in [1.54, 1.807) is 6.08 Å². The van der Waals surface area contributed by atoms with E-state index >= 15 is 0 Å². The summed E-state index contributed by atoms with van der Waals surface area (Å²) in [6.07, 6.45) is 6.29.